The molecule has 1 saturated heterocycles. The Labute approximate surface area is 131 Å². The standard InChI is InChI=1S/C15H13ClN2O2S/c16-12-7-6-11(21-12)8-18-9-13(19)17-14(15(18)20)10-4-2-1-3-5-10/h1-7,14H,8-9H2,(H,17,19). The number of benzene rings is 1. The summed E-state index contributed by atoms with van der Waals surface area (Å²) >= 11 is 7.33. The van der Waals surface area contributed by atoms with Crippen LogP contribution in [-0.4, -0.2) is 23.3 Å². The van der Waals surface area contributed by atoms with Crippen LogP contribution in [0.1, 0.15) is 16.5 Å². The van der Waals surface area contributed by atoms with Crippen LogP contribution in [0.4, 0.5) is 0 Å². The van der Waals surface area contributed by atoms with Crippen molar-refractivity contribution >= 4 is 34.8 Å². The summed E-state index contributed by atoms with van der Waals surface area (Å²) in [7, 11) is 0. The predicted molar refractivity (Wildman–Crippen MR) is 82.1 cm³/mol. The molecule has 0 bridgehead atoms. The van der Waals surface area contributed by atoms with Gasteiger partial charge in [0, 0.05) is 4.88 Å². The van der Waals surface area contributed by atoms with Crippen LogP contribution in [0.15, 0.2) is 42.5 Å². The molecule has 6 heteroatoms. The number of piperazine rings is 1. The summed E-state index contributed by atoms with van der Waals surface area (Å²) in [6.45, 7) is 0.491. The summed E-state index contributed by atoms with van der Waals surface area (Å²) in [4.78, 5) is 27.0. The molecule has 0 spiro atoms. The molecule has 0 aliphatic carbocycles. The van der Waals surface area contributed by atoms with Gasteiger partial charge in [-0.1, -0.05) is 41.9 Å². The van der Waals surface area contributed by atoms with Crippen molar-refractivity contribution in [3.8, 4) is 0 Å². The number of carbonyl (C=O) groups is 2. The zero-order valence-electron chi connectivity index (χ0n) is 11.1. The Bertz CT molecular complexity index is 671. The van der Waals surface area contributed by atoms with Crippen LogP contribution in [0.2, 0.25) is 4.34 Å². The van der Waals surface area contributed by atoms with E-state index in [4.69, 9.17) is 11.6 Å². The topological polar surface area (TPSA) is 49.4 Å². The Balaban J connectivity index is 1.81. The van der Waals surface area contributed by atoms with E-state index >= 15 is 0 Å². The third-order valence-corrected chi connectivity index (χ3v) is 4.52. The highest BCUT2D eigenvalue weighted by atomic mass is 35.5. The van der Waals surface area contributed by atoms with Crippen LogP contribution in [0.5, 0.6) is 0 Å². The normalized spacial score (nSPS) is 18.7. The van der Waals surface area contributed by atoms with Gasteiger partial charge >= 0.3 is 0 Å². The molecule has 4 nitrogen and oxygen atoms in total. The molecule has 3 rings (SSSR count). The highest BCUT2D eigenvalue weighted by Gasteiger charge is 2.33. The van der Waals surface area contributed by atoms with Gasteiger partial charge < -0.3 is 10.2 Å². The summed E-state index contributed by atoms with van der Waals surface area (Å²) in [5, 5.41) is 2.75. The lowest BCUT2D eigenvalue weighted by atomic mass is 10.0. The minimum atomic E-state index is -0.608. The van der Waals surface area contributed by atoms with E-state index in [2.05, 4.69) is 5.32 Å². The minimum absolute atomic E-state index is 0.0810. The first-order valence-electron chi connectivity index (χ1n) is 6.51. The van der Waals surface area contributed by atoms with E-state index in [1.807, 2.05) is 36.4 Å². The largest absolute Gasteiger partial charge is 0.339 e. The van der Waals surface area contributed by atoms with Gasteiger partial charge in [-0.15, -0.1) is 11.3 Å². The number of rotatable bonds is 3. The molecule has 1 unspecified atom stereocenters. The zero-order valence-corrected chi connectivity index (χ0v) is 12.7. The molecule has 2 amide bonds. The predicted octanol–water partition coefficient (Wildman–Crippen LogP) is 2.60. The van der Waals surface area contributed by atoms with E-state index in [0.29, 0.717) is 10.9 Å². The van der Waals surface area contributed by atoms with Crippen LogP contribution in [-0.2, 0) is 16.1 Å². The lowest BCUT2D eigenvalue weighted by Crippen LogP contribution is -2.52. The molecule has 2 heterocycles. The van der Waals surface area contributed by atoms with Crippen LogP contribution < -0.4 is 5.32 Å². The van der Waals surface area contributed by atoms with Gasteiger partial charge in [0.15, 0.2) is 0 Å². The average Bonchev–Trinajstić information content (AvgIpc) is 2.89. The molecule has 1 fully saturated rings. The molecule has 1 N–H and O–H groups in total. The first-order valence-corrected chi connectivity index (χ1v) is 7.70. The lowest BCUT2D eigenvalue weighted by molar-refractivity contribution is -0.145. The number of hydrogen-bond acceptors (Lipinski definition) is 3. The maximum Gasteiger partial charge on any atom is 0.250 e. The fourth-order valence-corrected chi connectivity index (χ4v) is 3.44. The Morgan fingerprint density at radius 3 is 2.62 bits per heavy atom. The summed E-state index contributed by atoms with van der Waals surface area (Å²) in [5.74, 6) is -0.239. The highest BCUT2D eigenvalue weighted by molar-refractivity contribution is 7.16. The van der Waals surface area contributed by atoms with Gasteiger partial charge in [0.05, 0.1) is 10.9 Å². The first kappa shape index (κ1) is 14.1. The number of halogens is 1. The van der Waals surface area contributed by atoms with Gasteiger partial charge in [-0.25, -0.2) is 0 Å². The van der Waals surface area contributed by atoms with Gasteiger partial charge in [-0.05, 0) is 17.7 Å². The van der Waals surface area contributed by atoms with Crippen molar-refractivity contribution in [2.75, 3.05) is 6.54 Å². The van der Waals surface area contributed by atoms with Crippen molar-refractivity contribution in [3.63, 3.8) is 0 Å². The minimum Gasteiger partial charge on any atom is -0.339 e. The molecule has 0 saturated carbocycles. The van der Waals surface area contributed by atoms with Crippen molar-refractivity contribution in [1.82, 2.24) is 10.2 Å². The molecule has 1 aliphatic heterocycles. The number of amides is 2. The van der Waals surface area contributed by atoms with Gasteiger partial charge in [0.25, 0.3) is 5.91 Å². The maximum atomic E-state index is 12.6. The van der Waals surface area contributed by atoms with Crippen molar-refractivity contribution < 1.29 is 9.59 Å². The second-order valence-corrected chi connectivity index (χ2v) is 6.61. The van der Waals surface area contributed by atoms with E-state index in [0.717, 1.165) is 10.4 Å². The van der Waals surface area contributed by atoms with Gasteiger partial charge in [0.2, 0.25) is 5.91 Å². The zero-order chi connectivity index (χ0) is 14.8. The number of carbonyl (C=O) groups excluding carboxylic acids is 2. The Morgan fingerprint density at radius 2 is 1.95 bits per heavy atom. The summed E-state index contributed by atoms with van der Waals surface area (Å²) in [6, 6.07) is 12.3. The molecular formula is C15H13ClN2O2S. The molecule has 1 aromatic carbocycles. The van der Waals surface area contributed by atoms with Crippen LogP contribution in [0.3, 0.4) is 0 Å². The van der Waals surface area contributed by atoms with Crippen LogP contribution in [0.25, 0.3) is 0 Å². The number of hydrogen-bond donors (Lipinski definition) is 1. The second kappa shape index (κ2) is 5.87. The van der Waals surface area contributed by atoms with Gasteiger partial charge in [-0.3, -0.25) is 9.59 Å². The van der Waals surface area contributed by atoms with Crippen molar-refractivity contribution in [2.45, 2.75) is 12.6 Å². The van der Waals surface area contributed by atoms with Crippen LogP contribution in [0, 0.1) is 0 Å². The molecule has 1 aliphatic rings. The molecule has 0 radical (unpaired) electrons. The number of nitrogens with one attached hydrogen (secondary N) is 1. The van der Waals surface area contributed by atoms with Crippen molar-refractivity contribution in [3.05, 3.63) is 57.2 Å². The SMILES string of the molecule is O=C1CN(Cc2ccc(Cl)s2)C(=O)C(c2ccccc2)N1. The fraction of sp³-hybridized carbons (Fsp3) is 0.200. The fourth-order valence-electron chi connectivity index (χ4n) is 2.33. The van der Waals surface area contributed by atoms with E-state index in [9.17, 15) is 9.59 Å². The Kier molecular flexibility index (Phi) is 3.94. The van der Waals surface area contributed by atoms with E-state index in [1.54, 1.807) is 11.0 Å². The van der Waals surface area contributed by atoms with Crippen molar-refractivity contribution in [1.29, 1.82) is 0 Å². The maximum absolute atomic E-state index is 12.6. The third kappa shape index (κ3) is 3.09. The van der Waals surface area contributed by atoms with Crippen LogP contribution >= 0.6 is 22.9 Å². The highest BCUT2D eigenvalue weighted by Crippen LogP contribution is 2.25. The van der Waals surface area contributed by atoms with E-state index < -0.39 is 6.04 Å². The van der Waals surface area contributed by atoms with E-state index in [-0.39, 0.29) is 18.4 Å². The summed E-state index contributed by atoms with van der Waals surface area (Å²) < 4.78 is 0.679. The quantitative estimate of drug-likeness (QED) is 0.945. The Morgan fingerprint density at radius 1 is 1.19 bits per heavy atom. The molecule has 1 atom stereocenters. The lowest BCUT2D eigenvalue weighted by Gasteiger charge is -2.32. The summed E-state index contributed by atoms with van der Waals surface area (Å²) in [6.07, 6.45) is 0. The smallest absolute Gasteiger partial charge is 0.250 e. The van der Waals surface area contributed by atoms with Gasteiger partial charge in [-0.2, -0.15) is 0 Å². The number of nitrogens with zero attached hydrogens (tertiary/aromatic N) is 1. The van der Waals surface area contributed by atoms with Gasteiger partial charge in [0.1, 0.15) is 12.6 Å². The molecular weight excluding hydrogens is 308 g/mol. The third-order valence-electron chi connectivity index (χ3n) is 3.31. The summed E-state index contributed by atoms with van der Waals surface area (Å²) in [5.41, 5.74) is 0.796. The Hall–Kier alpha value is -1.85. The first-order chi connectivity index (χ1) is 10.1. The molecule has 1 aromatic heterocycles. The molecule has 21 heavy (non-hydrogen) atoms. The molecule has 108 valence electrons. The average molecular weight is 321 g/mol. The monoisotopic (exact) mass is 320 g/mol. The number of thiophene rings is 1. The second-order valence-electron chi connectivity index (χ2n) is 4.81. The molecule has 2 aromatic rings. The van der Waals surface area contributed by atoms with Crippen molar-refractivity contribution in [2.24, 2.45) is 0 Å². The van der Waals surface area contributed by atoms with E-state index in [1.165, 1.54) is 11.3 Å².